The number of hydrogen-bond donors (Lipinski definition) is 1. The Balaban J connectivity index is 1.93. The van der Waals surface area contributed by atoms with E-state index in [0.717, 1.165) is 6.42 Å². The molecular formula is C16H17NO. The van der Waals surface area contributed by atoms with Crippen LogP contribution in [0.4, 0.5) is 0 Å². The molecule has 0 aromatic heterocycles. The molecule has 0 radical (unpaired) electrons. The highest BCUT2D eigenvalue weighted by molar-refractivity contribution is 5.37. The molecule has 0 aliphatic carbocycles. The van der Waals surface area contributed by atoms with E-state index in [1.54, 1.807) is 0 Å². The summed E-state index contributed by atoms with van der Waals surface area (Å²) in [5.74, 6) is 0. The van der Waals surface area contributed by atoms with Crippen molar-refractivity contribution in [1.82, 2.24) is 5.06 Å². The van der Waals surface area contributed by atoms with Crippen LogP contribution in [0.1, 0.15) is 35.7 Å². The Labute approximate surface area is 107 Å². The smallest absolute Gasteiger partial charge is 0.0649 e. The van der Waals surface area contributed by atoms with Crippen LogP contribution in [0.2, 0.25) is 0 Å². The predicted octanol–water partition coefficient (Wildman–Crippen LogP) is 3.74. The van der Waals surface area contributed by atoms with Gasteiger partial charge in [0.1, 0.15) is 0 Å². The molecule has 0 saturated heterocycles. The molecule has 2 atom stereocenters. The van der Waals surface area contributed by atoms with Crippen molar-refractivity contribution >= 4 is 0 Å². The van der Waals surface area contributed by atoms with Gasteiger partial charge in [0, 0.05) is 0 Å². The van der Waals surface area contributed by atoms with E-state index in [4.69, 9.17) is 0 Å². The van der Waals surface area contributed by atoms with E-state index in [2.05, 4.69) is 24.3 Å². The van der Waals surface area contributed by atoms with Gasteiger partial charge in [0.25, 0.3) is 0 Å². The lowest BCUT2D eigenvalue weighted by molar-refractivity contribution is -0.146. The minimum absolute atomic E-state index is 0.0681. The number of rotatable bonds is 2. The molecule has 0 fully saturated rings. The molecule has 0 spiro atoms. The lowest BCUT2D eigenvalue weighted by atomic mass is 9.98. The summed E-state index contributed by atoms with van der Waals surface area (Å²) in [5.41, 5.74) is 3.74. The number of benzene rings is 2. The van der Waals surface area contributed by atoms with Gasteiger partial charge >= 0.3 is 0 Å². The summed E-state index contributed by atoms with van der Waals surface area (Å²) in [6.07, 6.45) is 0.846. The molecule has 1 aliphatic rings. The molecule has 1 N–H and O–H groups in total. The summed E-state index contributed by atoms with van der Waals surface area (Å²) in [6, 6.07) is 18.8. The second-order valence-corrected chi connectivity index (χ2v) is 4.89. The number of nitrogens with zero attached hydrogens (tertiary/aromatic N) is 1. The fraction of sp³-hybridized carbons (Fsp3) is 0.250. The topological polar surface area (TPSA) is 23.5 Å². The van der Waals surface area contributed by atoms with Crippen LogP contribution in [0.5, 0.6) is 0 Å². The minimum Gasteiger partial charge on any atom is -0.313 e. The number of hydroxylamine groups is 2. The van der Waals surface area contributed by atoms with E-state index in [9.17, 15) is 5.21 Å². The van der Waals surface area contributed by atoms with E-state index in [-0.39, 0.29) is 12.1 Å². The predicted molar refractivity (Wildman–Crippen MR) is 71.4 cm³/mol. The molecule has 0 unspecified atom stereocenters. The first-order chi connectivity index (χ1) is 8.77. The third-order valence-corrected chi connectivity index (χ3v) is 3.79. The highest BCUT2D eigenvalue weighted by Gasteiger charge is 2.34. The summed E-state index contributed by atoms with van der Waals surface area (Å²) in [6.45, 7) is 2.05. The summed E-state index contributed by atoms with van der Waals surface area (Å²) in [5, 5.41) is 11.8. The van der Waals surface area contributed by atoms with Gasteiger partial charge in [-0.25, -0.2) is 0 Å². The maximum atomic E-state index is 10.3. The summed E-state index contributed by atoms with van der Waals surface area (Å²) < 4.78 is 0. The zero-order chi connectivity index (χ0) is 12.5. The Hall–Kier alpha value is -1.64. The molecule has 0 amide bonds. The minimum atomic E-state index is 0.0681. The van der Waals surface area contributed by atoms with Crippen molar-refractivity contribution < 1.29 is 5.21 Å². The lowest BCUT2D eigenvalue weighted by Crippen LogP contribution is -2.22. The number of fused-ring (bicyclic) bond motifs is 1. The Morgan fingerprint density at radius 2 is 1.56 bits per heavy atom. The summed E-state index contributed by atoms with van der Waals surface area (Å²) in [7, 11) is 0. The number of hydrogen-bond acceptors (Lipinski definition) is 2. The fourth-order valence-corrected chi connectivity index (χ4v) is 2.79. The Kier molecular flexibility index (Phi) is 2.90. The average molecular weight is 239 g/mol. The Morgan fingerprint density at radius 3 is 2.28 bits per heavy atom. The zero-order valence-electron chi connectivity index (χ0n) is 10.5. The molecule has 18 heavy (non-hydrogen) atoms. The van der Waals surface area contributed by atoms with Crippen LogP contribution in [0.15, 0.2) is 54.6 Å². The van der Waals surface area contributed by atoms with Crippen molar-refractivity contribution in [2.24, 2.45) is 0 Å². The first kappa shape index (κ1) is 11.5. The highest BCUT2D eigenvalue weighted by atomic mass is 16.5. The molecule has 2 heteroatoms. The molecule has 2 aromatic carbocycles. The lowest BCUT2D eigenvalue weighted by Gasteiger charge is -2.21. The second kappa shape index (κ2) is 4.56. The van der Waals surface area contributed by atoms with Crippen LogP contribution in [-0.2, 0) is 6.42 Å². The third kappa shape index (κ3) is 1.84. The van der Waals surface area contributed by atoms with E-state index in [1.165, 1.54) is 21.8 Å². The first-order valence-corrected chi connectivity index (χ1v) is 6.37. The molecule has 0 saturated carbocycles. The Morgan fingerprint density at radius 1 is 0.944 bits per heavy atom. The van der Waals surface area contributed by atoms with Crippen LogP contribution >= 0.6 is 0 Å². The van der Waals surface area contributed by atoms with E-state index in [1.807, 2.05) is 37.3 Å². The fourth-order valence-electron chi connectivity index (χ4n) is 2.79. The Bertz CT molecular complexity index is 538. The maximum absolute atomic E-state index is 10.3. The van der Waals surface area contributed by atoms with Gasteiger partial charge in [-0.1, -0.05) is 54.6 Å². The van der Waals surface area contributed by atoms with Crippen LogP contribution in [0.3, 0.4) is 0 Å². The largest absolute Gasteiger partial charge is 0.313 e. The van der Waals surface area contributed by atoms with Crippen molar-refractivity contribution in [3.8, 4) is 0 Å². The molecule has 3 rings (SSSR count). The monoisotopic (exact) mass is 239 g/mol. The van der Waals surface area contributed by atoms with Crippen LogP contribution < -0.4 is 0 Å². The normalized spacial score (nSPS) is 23.0. The van der Waals surface area contributed by atoms with E-state index in [0.29, 0.717) is 0 Å². The van der Waals surface area contributed by atoms with Crippen molar-refractivity contribution in [3.63, 3.8) is 0 Å². The van der Waals surface area contributed by atoms with Crippen molar-refractivity contribution in [2.45, 2.75) is 25.4 Å². The van der Waals surface area contributed by atoms with Gasteiger partial charge < -0.3 is 5.21 Å². The van der Waals surface area contributed by atoms with Gasteiger partial charge in [0.2, 0.25) is 0 Å². The quantitative estimate of drug-likeness (QED) is 0.863. The second-order valence-electron chi connectivity index (χ2n) is 4.89. The van der Waals surface area contributed by atoms with Crippen LogP contribution in [-0.4, -0.2) is 10.3 Å². The zero-order valence-corrected chi connectivity index (χ0v) is 10.5. The standard InChI is InChI=1S/C16H17NO/c1-12-14-9-5-6-10-15(14)16(17(12)18)11-13-7-3-2-4-8-13/h2-10,12,16,18H,11H2,1H3/t12-,16-/m0/s1. The van der Waals surface area contributed by atoms with Gasteiger partial charge in [-0.05, 0) is 30.0 Å². The SMILES string of the molecule is C[C@H]1c2ccccc2[C@H](Cc2ccccc2)N1O. The van der Waals surface area contributed by atoms with Gasteiger partial charge in [0.15, 0.2) is 0 Å². The third-order valence-electron chi connectivity index (χ3n) is 3.79. The van der Waals surface area contributed by atoms with Crippen LogP contribution in [0.25, 0.3) is 0 Å². The van der Waals surface area contributed by atoms with Crippen molar-refractivity contribution in [3.05, 3.63) is 71.3 Å². The molecular weight excluding hydrogens is 222 g/mol. The van der Waals surface area contributed by atoms with Crippen molar-refractivity contribution in [1.29, 1.82) is 0 Å². The maximum Gasteiger partial charge on any atom is 0.0649 e. The van der Waals surface area contributed by atoms with Crippen molar-refractivity contribution in [2.75, 3.05) is 0 Å². The average Bonchev–Trinajstić information content (AvgIpc) is 2.66. The summed E-state index contributed by atoms with van der Waals surface area (Å²) in [4.78, 5) is 0. The van der Waals surface area contributed by atoms with Gasteiger partial charge in [-0.15, -0.1) is 0 Å². The molecule has 2 aromatic rings. The van der Waals surface area contributed by atoms with E-state index < -0.39 is 0 Å². The molecule has 2 nitrogen and oxygen atoms in total. The molecule has 1 aliphatic heterocycles. The van der Waals surface area contributed by atoms with Crippen LogP contribution in [0, 0.1) is 0 Å². The van der Waals surface area contributed by atoms with Gasteiger partial charge in [-0.3, -0.25) is 0 Å². The van der Waals surface area contributed by atoms with Gasteiger partial charge in [0.05, 0.1) is 12.1 Å². The first-order valence-electron chi connectivity index (χ1n) is 6.37. The molecule has 0 bridgehead atoms. The molecule has 1 heterocycles. The summed E-state index contributed by atoms with van der Waals surface area (Å²) >= 11 is 0. The molecule has 92 valence electrons. The van der Waals surface area contributed by atoms with Gasteiger partial charge in [-0.2, -0.15) is 5.06 Å². The highest BCUT2D eigenvalue weighted by Crippen LogP contribution is 2.41. The van der Waals surface area contributed by atoms with E-state index >= 15 is 0 Å².